The molecule has 0 saturated heterocycles. The van der Waals surface area contributed by atoms with Crippen molar-refractivity contribution in [1.29, 1.82) is 0 Å². The van der Waals surface area contributed by atoms with Crippen LogP contribution in [0.2, 0.25) is 0 Å². The summed E-state index contributed by atoms with van der Waals surface area (Å²) < 4.78 is 2.11. The minimum atomic E-state index is 0.0408. The van der Waals surface area contributed by atoms with E-state index in [0.717, 1.165) is 17.2 Å². The van der Waals surface area contributed by atoms with Crippen molar-refractivity contribution < 1.29 is 0 Å². The molecule has 0 fully saturated rings. The molecule has 0 unspecified atom stereocenters. The maximum Gasteiger partial charge on any atom is 0.160 e. The molecule has 0 saturated carbocycles. The van der Waals surface area contributed by atoms with E-state index in [9.17, 15) is 0 Å². The van der Waals surface area contributed by atoms with E-state index >= 15 is 0 Å². The van der Waals surface area contributed by atoms with E-state index in [4.69, 9.17) is 4.98 Å². The highest BCUT2D eigenvalue weighted by Gasteiger charge is 2.23. The van der Waals surface area contributed by atoms with Crippen LogP contribution in [0.25, 0.3) is 5.65 Å². The Morgan fingerprint density at radius 1 is 1.25 bits per heavy atom. The van der Waals surface area contributed by atoms with Crippen LogP contribution in [-0.2, 0) is 5.41 Å². The average Bonchev–Trinajstić information content (AvgIpc) is 2.56. The summed E-state index contributed by atoms with van der Waals surface area (Å²) in [7, 11) is 0. The van der Waals surface area contributed by atoms with Gasteiger partial charge in [-0.2, -0.15) is 0 Å². The van der Waals surface area contributed by atoms with Gasteiger partial charge in [-0.3, -0.25) is 4.40 Å². The van der Waals surface area contributed by atoms with Gasteiger partial charge in [-0.25, -0.2) is 9.97 Å². The van der Waals surface area contributed by atoms with Crippen LogP contribution in [0.15, 0.2) is 18.5 Å². The van der Waals surface area contributed by atoms with Crippen LogP contribution in [0, 0.1) is 0 Å². The van der Waals surface area contributed by atoms with E-state index in [-0.39, 0.29) is 5.41 Å². The van der Waals surface area contributed by atoms with Gasteiger partial charge in [-0.15, -0.1) is 0 Å². The predicted octanol–water partition coefficient (Wildman–Crippen LogP) is 3.15. The summed E-state index contributed by atoms with van der Waals surface area (Å²) in [6, 6.07) is 1.95. The lowest BCUT2D eigenvalue weighted by atomic mass is 9.96. The van der Waals surface area contributed by atoms with E-state index in [1.54, 1.807) is 0 Å². The van der Waals surface area contributed by atoms with Crippen molar-refractivity contribution in [2.75, 3.05) is 0 Å². The van der Waals surface area contributed by atoms with Gasteiger partial charge in [0.2, 0.25) is 0 Å². The smallest absolute Gasteiger partial charge is 0.160 e. The third-order valence-electron chi connectivity index (χ3n) is 2.65. The molecule has 16 heavy (non-hydrogen) atoms. The Hall–Kier alpha value is -1.38. The van der Waals surface area contributed by atoms with Gasteiger partial charge in [0.15, 0.2) is 5.65 Å². The van der Waals surface area contributed by atoms with E-state index in [2.05, 4.69) is 44.0 Å². The molecule has 0 spiro atoms. The topological polar surface area (TPSA) is 30.2 Å². The van der Waals surface area contributed by atoms with Gasteiger partial charge in [0, 0.05) is 17.8 Å². The van der Waals surface area contributed by atoms with Gasteiger partial charge in [0.25, 0.3) is 0 Å². The lowest BCUT2D eigenvalue weighted by Gasteiger charge is -2.16. The van der Waals surface area contributed by atoms with Crippen LogP contribution in [0.4, 0.5) is 0 Å². The number of hydrogen-bond acceptors (Lipinski definition) is 2. The number of nitrogens with zero attached hydrogens (tertiary/aromatic N) is 3. The maximum atomic E-state index is 4.76. The zero-order chi connectivity index (χ0) is 11.9. The minimum absolute atomic E-state index is 0.0408. The molecule has 2 aromatic rings. The number of rotatable bonds is 1. The normalized spacial score (nSPS) is 12.6. The summed E-state index contributed by atoms with van der Waals surface area (Å²) in [5.41, 5.74) is 2.12. The second-order valence-electron chi connectivity index (χ2n) is 5.54. The fraction of sp³-hybridized carbons (Fsp3) is 0.538. The van der Waals surface area contributed by atoms with Gasteiger partial charge in [0.05, 0.1) is 5.69 Å². The van der Waals surface area contributed by atoms with Crippen molar-refractivity contribution in [3.8, 4) is 0 Å². The molecule has 3 nitrogen and oxygen atoms in total. The first-order valence-electron chi connectivity index (χ1n) is 5.74. The first-order valence-corrected chi connectivity index (χ1v) is 5.74. The highest BCUT2D eigenvalue weighted by atomic mass is 15.1. The molecular weight excluding hydrogens is 198 g/mol. The quantitative estimate of drug-likeness (QED) is 0.734. The van der Waals surface area contributed by atoms with Crippen molar-refractivity contribution in [3.05, 3.63) is 30.0 Å². The summed E-state index contributed by atoms with van der Waals surface area (Å²) >= 11 is 0. The molecule has 2 aromatic heterocycles. The SMILES string of the molecule is CC(C)c1nc(C(C)(C)C)n2cccnc12. The molecule has 0 bridgehead atoms. The lowest BCUT2D eigenvalue weighted by molar-refractivity contribution is 0.540. The molecule has 0 aromatic carbocycles. The predicted molar refractivity (Wildman–Crippen MR) is 65.8 cm³/mol. The highest BCUT2D eigenvalue weighted by molar-refractivity contribution is 5.47. The minimum Gasteiger partial charge on any atom is -0.287 e. The summed E-state index contributed by atoms with van der Waals surface area (Å²) in [5, 5.41) is 0. The second-order valence-corrected chi connectivity index (χ2v) is 5.54. The van der Waals surface area contributed by atoms with E-state index in [1.165, 1.54) is 0 Å². The van der Waals surface area contributed by atoms with E-state index in [0.29, 0.717) is 5.92 Å². The lowest BCUT2D eigenvalue weighted by Crippen LogP contribution is -2.15. The summed E-state index contributed by atoms with van der Waals surface area (Å²) in [4.78, 5) is 9.20. The standard InChI is InChI=1S/C13H19N3/c1-9(2)10-11-14-7-6-8-16(11)12(15-10)13(3,4)5/h6-9H,1-5H3. The molecule has 86 valence electrons. The molecule has 0 atom stereocenters. The van der Waals surface area contributed by atoms with Gasteiger partial charge in [-0.1, -0.05) is 34.6 Å². The van der Waals surface area contributed by atoms with Crippen molar-refractivity contribution >= 4 is 5.65 Å². The molecule has 0 N–H and O–H groups in total. The third-order valence-corrected chi connectivity index (χ3v) is 2.65. The Bertz CT molecular complexity index is 503. The van der Waals surface area contributed by atoms with Gasteiger partial charge < -0.3 is 0 Å². The molecular formula is C13H19N3. The Kier molecular flexibility index (Phi) is 2.49. The van der Waals surface area contributed by atoms with Crippen LogP contribution >= 0.6 is 0 Å². The molecule has 0 radical (unpaired) electrons. The van der Waals surface area contributed by atoms with Crippen LogP contribution in [-0.4, -0.2) is 14.4 Å². The Morgan fingerprint density at radius 2 is 1.94 bits per heavy atom. The maximum absolute atomic E-state index is 4.76. The summed E-state index contributed by atoms with van der Waals surface area (Å²) in [6.07, 6.45) is 3.87. The van der Waals surface area contributed by atoms with Crippen LogP contribution in [0.3, 0.4) is 0 Å². The summed E-state index contributed by atoms with van der Waals surface area (Å²) in [5.74, 6) is 1.49. The number of aromatic nitrogens is 3. The third kappa shape index (κ3) is 1.70. The van der Waals surface area contributed by atoms with Crippen molar-refractivity contribution in [2.45, 2.75) is 46.0 Å². The van der Waals surface area contributed by atoms with Crippen LogP contribution in [0.1, 0.15) is 52.1 Å². The van der Waals surface area contributed by atoms with Gasteiger partial charge >= 0.3 is 0 Å². The Labute approximate surface area is 96.5 Å². The highest BCUT2D eigenvalue weighted by Crippen LogP contribution is 2.26. The molecule has 3 heteroatoms. The van der Waals surface area contributed by atoms with Crippen molar-refractivity contribution in [3.63, 3.8) is 0 Å². The van der Waals surface area contributed by atoms with E-state index in [1.807, 2.05) is 18.5 Å². The van der Waals surface area contributed by atoms with E-state index < -0.39 is 0 Å². The van der Waals surface area contributed by atoms with Gasteiger partial charge in [0.1, 0.15) is 5.82 Å². The van der Waals surface area contributed by atoms with Crippen LogP contribution in [0.5, 0.6) is 0 Å². The second kappa shape index (κ2) is 3.58. The molecule has 0 aliphatic heterocycles. The molecule has 0 aliphatic carbocycles. The molecule has 2 heterocycles. The fourth-order valence-electron chi connectivity index (χ4n) is 1.87. The summed E-state index contributed by atoms with van der Waals surface area (Å²) in [6.45, 7) is 10.9. The fourth-order valence-corrected chi connectivity index (χ4v) is 1.87. The van der Waals surface area contributed by atoms with Crippen LogP contribution < -0.4 is 0 Å². The largest absolute Gasteiger partial charge is 0.287 e. The average molecular weight is 217 g/mol. The zero-order valence-corrected chi connectivity index (χ0v) is 10.7. The number of imidazole rings is 1. The molecule has 0 amide bonds. The first kappa shape index (κ1) is 11.1. The zero-order valence-electron chi connectivity index (χ0n) is 10.7. The molecule has 0 aliphatic rings. The van der Waals surface area contributed by atoms with Crippen molar-refractivity contribution in [1.82, 2.24) is 14.4 Å². The Morgan fingerprint density at radius 3 is 2.50 bits per heavy atom. The molecule has 2 rings (SSSR count). The van der Waals surface area contributed by atoms with Crippen molar-refractivity contribution in [2.24, 2.45) is 0 Å². The Balaban J connectivity index is 2.77. The van der Waals surface area contributed by atoms with Gasteiger partial charge in [-0.05, 0) is 12.0 Å². The monoisotopic (exact) mass is 217 g/mol. The number of fused-ring (bicyclic) bond motifs is 1. The number of hydrogen-bond donors (Lipinski definition) is 0. The first-order chi connectivity index (χ1) is 7.41.